The van der Waals surface area contributed by atoms with Crippen molar-refractivity contribution in [3.05, 3.63) is 70.1 Å². The van der Waals surface area contributed by atoms with Crippen LogP contribution >= 0.6 is 11.8 Å². The SMILES string of the molecule is Cc1ccccc1N1CCN(CCCSc2ccc3c(C)cc(=O)oc3c2)CC1. The zero-order chi connectivity index (χ0) is 20.2. The molecule has 0 amide bonds. The van der Waals surface area contributed by atoms with E-state index in [0.29, 0.717) is 5.58 Å². The lowest BCUT2D eigenvalue weighted by atomic mass is 10.1. The van der Waals surface area contributed by atoms with Crippen molar-refractivity contribution in [3.63, 3.8) is 0 Å². The first-order valence-corrected chi connectivity index (χ1v) is 11.3. The Hall–Kier alpha value is -2.24. The topological polar surface area (TPSA) is 36.7 Å². The van der Waals surface area contributed by atoms with Gasteiger partial charge in [-0.25, -0.2) is 4.79 Å². The van der Waals surface area contributed by atoms with Gasteiger partial charge in [-0.3, -0.25) is 4.90 Å². The van der Waals surface area contributed by atoms with Gasteiger partial charge >= 0.3 is 5.63 Å². The third kappa shape index (κ3) is 4.85. The van der Waals surface area contributed by atoms with Crippen LogP contribution in [-0.4, -0.2) is 43.4 Å². The summed E-state index contributed by atoms with van der Waals surface area (Å²) in [7, 11) is 0. The molecule has 0 atom stereocenters. The first-order valence-electron chi connectivity index (χ1n) is 10.3. The fraction of sp³-hybridized carbons (Fsp3) is 0.375. The number of aryl methyl sites for hydroxylation is 2. The number of rotatable bonds is 6. The molecule has 1 saturated heterocycles. The monoisotopic (exact) mass is 408 g/mol. The van der Waals surface area contributed by atoms with Crippen LogP contribution in [-0.2, 0) is 0 Å². The largest absolute Gasteiger partial charge is 0.423 e. The Balaban J connectivity index is 1.24. The zero-order valence-corrected chi connectivity index (χ0v) is 18.0. The third-order valence-corrected chi connectivity index (χ3v) is 6.72. The maximum Gasteiger partial charge on any atom is 0.336 e. The van der Waals surface area contributed by atoms with Crippen molar-refractivity contribution in [2.24, 2.45) is 0 Å². The van der Waals surface area contributed by atoms with Crippen LogP contribution in [0.15, 0.2) is 62.6 Å². The van der Waals surface area contributed by atoms with Crippen molar-refractivity contribution in [2.45, 2.75) is 25.2 Å². The molecule has 0 aliphatic carbocycles. The zero-order valence-electron chi connectivity index (χ0n) is 17.2. The van der Waals surface area contributed by atoms with Gasteiger partial charge in [-0.2, -0.15) is 0 Å². The molecule has 0 radical (unpaired) electrons. The van der Waals surface area contributed by atoms with Gasteiger partial charge < -0.3 is 9.32 Å². The summed E-state index contributed by atoms with van der Waals surface area (Å²) >= 11 is 1.84. The first-order chi connectivity index (χ1) is 14.1. The number of hydrogen-bond donors (Lipinski definition) is 0. The summed E-state index contributed by atoms with van der Waals surface area (Å²) < 4.78 is 5.36. The lowest BCUT2D eigenvalue weighted by Crippen LogP contribution is -2.46. The summed E-state index contributed by atoms with van der Waals surface area (Å²) in [6, 6.07) is 16.4. The van der Waals surface area contributed by atoms with Crippen molar-refractivity contribution in [1.29, 1.82) is 0 Å². The van der Waals surface area contributed by atoms with Crippen LogP contribution in [0, 0.1) is 13.8 Å². The van der Waals surface area contributed by atoms with Gasteiger partial charge in [-0.05, 0) is 68.0 Å². The van der Waals surface area contributed by atoms with Gasteiger partial charge in [0, 0.05) is 48.2 Å². The van der Waals surface area contributed by atoms with E-state index in [-0.39, 0.29) is 5.63 Å². The Morgan fingerprint density at radius 3 is 2.55 bits per heavy atom. The number of anilines is 1. The Kier molecular flexibility index (Phi) is 6.26. The highest BCUT2D eigenvalue weighted by atomic mass is 32.2. The number of para-hydroxylation sites is 1. The molecule has 0 bridgehead atoms. The van der Waals surface area contributed by atoms with Crippen LogP contribution in [0.4, 0.5) is 5.69 Å². The summed E-state index contributed by atoms with van der Waals surface area (Å²) in [6.07, 6.45) is 1.16. The Bertz CT molecular complexity index is 1040. The van der Waals surface area contributed by atoms with E-state index in [1.54, 1.807) is 6.07 Å². The number of thioether (sulfide) groups is 1. The number of fused-ring (bicyclic) bond motifs is 1. The molecule has 1 aliphatic heterocycles. The summed E-state index contributed by atoms with van der Waals surface area (Å²) in [5.74, 6) is 1.07. The molecule has 2 aromatic carbocycles. The van der Waals surface area contributed by atoms with Crippen molar-refractivity contribution >= 4 is 28.4 Å². The Labute approximate surface area is 176 Å². The number of piperazine rings is 1. The lowest BCUT2D eigenvalue weighted by Gasteiger charge is -2.36. The number of nitrogens with zero attached hydrogens (tertiary/aromatic N) is 2. The second kappa shape index (κ2) is 9.06. The van der Waals surface area contributed by atoms with Gasteiger partial charge in [0.05, 0.1) is 0 Å². The molecule has 0 saturated carbocycles. The van der Waals surface area contributed by atoms with Crippen LogP contribution in [0.5, 0.6) is 0 Å². The fourth-order valence-corrected chi connectivity index (χ4v) is 4.87. The molecule has 4 nitrogen and oxygen atoms in total. The standard InChI is InChI=1S/C24H28N2O2S/c1-18-6-3-4-7-22(18)26-13-11-25(12-14-26)10-5-15-29-20-8-9-21-19(2)16-24(27)28-23(21)17-20/h3-4,6-9,16-17H,5,10-15H2,1-2H3. The van der Waals surface area contributed by atoms with E-state index in [4.69, 9.17) is 4.42 Å². The fourth-order valence-electron chi connectivity index (χ4n) is 4.00. The van der Waals surface area contributed by atoms with E-state index in [9.17, 15) is 4.79 Å². The summed E-state index contributed by atoms with van der Waals surface area (Å²) in [4.78, 5) is 17.8. The number of benzene rings is 2. The molecule has 5 heteroatoms. The van der Waals surface area contributed by atoms with Crippen molar-refractivity contribution in [3.8, 4) is 0 Å². The highest BCUT2D eigenvalue weighted by Crippen LogP contribution is 2.25. The van der Waals surface area contributed by atoms with Crippen LogP contribution < -0.4 is 10.5 Å². The quantitative estimate of drug-likeness (QED) is 0.335. The molecule has 1 fully saturated rings. The first kappa shape index (κ1) is 20.0. The van der Waals surface area contributed by atoms with Crippen LogP contribution in [0.2, 0.25) is 0 Å². The van der Waals surface area contributed by atoms with E-state index >= 15 is 0 Å². The average molecular weight is 409 g/mol. The molecule has 0 spiro atoms. The second-order valence-corrected chi connectivity index (χ2v) is 8.89. The molecule has 0 unspecified atom stereocenters. The molecule has 152 valence electrons. The minimum atomic E-state index is -0.276. The molecule has 0 N–H and O–H groups in total. The van der Waals surface area contributed by atoms with E-state index in [1.807, 2.05) is 24.8 Å². The molecule has 2 heterocycles. The van der Waals surface area contributed by atoms with Crippen molar-refractivity contribution in [2.75, 3.05) is 43.4 Å². The van der Waals surface area contributed by atoms with Gasteiger partial charge in [0.15, 0.2) is 0 Å². The van der Waals surface area contributed by atoms with Crippen molar-refractivity contribution < 1.29 is 4.42 Å². The molecular formula is C24H28N2O2S. The predicted molar refractivity (Wildman–Crippen MR) is 122 cm³/mol. The van der Waals surface area contributed by atoms with Crippen LogP contribution in [0.1, 0.15) is 17.5 Å². The summed E-state index contributed by atoms with van der Waals surface area (Å²) in [5, 5.41) is 1.01. The molecule has 4 rings (SSSR count). The van der Waals surface area contributed by atoms with E-state index in [0.717, 1.165) is 60.7 Å². The maximum atomic E-state index is 11.6. The van der Waals surface area contributed by atoms with Gasteiger partial charge in [-0.15, -0.1) is 11.8 Å². The third-order valence-electron chi connectivity index (χ3n) is 5.64. The van der Waals surface area contributed by atoms with Crippen LogP contribution in [0.25, 0.3) is 11.0 Å². The Morgan fingerprint density at radius 1 is 0.966 bits per heavy atom. The van der Waals surface area contributed by atoms with Crippen molar-refractivity contribution in [1.82, 2.24) is 4.90 Å². The van der Waals surface area contributed by atoms with Gasteiger partial charge in [-0.1, -0.05) is 18.2 Å². The molecule has 1 aliphatic rings. The summed E-state index contributed by atoms with van der Waals surface area (Å²) in [5.41, 5.74) is 4.12. The second-order valence-electron chi connectivity index (χ2n) is 7.72. The van der Waals surface area contributed by atoms with E-state index in [2.05, 4.69) is 53.1 Å². The normalized spacial score (nSPS) is 15.2. The molecule has 3 aromatic rings. The molecular weight excluding hydrogens is 380 g/mol. The van der Waals surface area contributed by atoms with Gasteiger partial charge in [0.25, 0.3) is 0 Å². The van der Waals surface area contributed by atoms with E-state index < -0.39 is 0 Å². The highest BCUT2D eigenvalue weighted by molar-refractivity contribution is 7.99. The van der Waals surface area contributed by atoms with Crippen LogP contribution in [0.3, 0.4) is 0 Å². The predicted octanol–water partition coefficient (Wildman–Crippen LogP) is 4.71. The Morgan fingerprint density at radius 2 is 1.76 bits per heavy atom. The lowest BCUT2D eigenvalue weighted by molar-refractivity contribution is 0.259. The van der Waals surface area contributed by atoms with Gasteiger partial charge in [0.2, 0.25) is 0 Å². The van der Waals surface area contributed by atoms with Gasteiger partial charge in [0.1, 0.15) is 5.58 Å². The maximum absolute atomic E-state index is 11.6. The summed E-state index contributed by atoms with van der Waals surface area (Å²) in [6.45, 7) is 9.72. The number of hydrogen-bond acceptors (Lipinski definition) is 5. The minimum absolute atomic E-state index is 0.276. The highest BCUT2D eigenvalue weighted by Gasteiger charge is 2.17. The molecule has 1 aromatic heterocycles. The molecule has 29 heavy (non-hydrogen) atoms. The smallest absolute Gasteiger partial charge is 0.336 e. The minimum Gasteiger partial charge on any atom is -0.423 e. The average Bonchev–Trinajstić information content (AvgIpc) is 2.72. The van der Waals surface area contributed by atoms with E-state index in [1.165, 1.54) is 11.3 Å².